The maximum absolute atomic E-state index is 12.0. The lowest BCUT2D eigenvalue weighted by Gasteiger charge is -2.06. The number of para-hydroxylation sites is 1. The van der Waals surface area contributed by atoms with E-state index in [1.165, 1.54) is 0 Å². The van der Waals surface area contributed by atoms with Crippen molar-refractivity contribution < 1.29 is 9.25 Å². The standard InChI is InChI=1S/C15H13NO3/c1-4-9-18-16-11(3)14-10(2)12-7-5-6-8-13(12)19-15(14)17/h1,5-8H,9H2,2-3H3. The van der Waals surface area contributed by atoms with Gasteiger partial charge in [0.05, 0.1) is 11.3 Å². The van der Waals surface area contributed by atoms with Crippen molar-refractivity contribution in [3.63, 3.8) is 0 Å². The molecule has 0 atom stereocenters. The van der Waals surface area contributed by atoms with E-state index in [4.69, 9.17) is 15.7 Å². The first kappa shape index (κ1) is 12.9. The first-order valence-corrected chi connectivity index (χ1v) is 5.78. The van der Waals surface area contributed by atoms with Crippen molar-refractivity contribution in [2.75, 3.05) is 6.61 Å². The second-order valence-electron chi connectivity index (χ2n) is 4.04. The van der Waals surface area contributed by atoms with Gasteiger partial charge in [-0.15, -0.1) is 6.42 Å². The molecule has 96 valence electrons. The Labute approximate surface area is 110 Å². The van der Waals surface area contributed by atoms with Crippen molar-refractivity contribution in [2.45, 2.75) is 13.8 Å². The molecular weight excluding hydrogens is 242 g/mol. The molecule has 4 nitrogen and oxygen atoms in total. The molecule has 0 bridgehead atoms. The second kappa shape index (κ2) is 5.40. The van der Waals surface area contributed by atoms with Gasteiger partial charge in [-0.1, -0.05) is 29.3 Å². The summed E-state index contributed by atoms with van der Waals surface area (Å²) >= 11 is 0. The fraction of sp³-hybridized carbons (Fsp3) is 0.200. The van der Waals surface area contributed by atoms with Gasteiger partial charge in [-0.25, -0.2) is 4.79 Å². The minimum Gasteiger partial charge on any atom is -0.422 e. The largest absolute Gasteiger partial charge is 0.422 e. The Morgan fingerprint density at radius 3 is 2.95 bits per heavy atom. The zero-order valence-corrected chi connectivity index (χ0v) is 10.8. The average Bonchev–Trinajstić information content (AvgIpc) is 2.39. The SMILES string of the molecule is C#CCON=C(C)c1c(C)c2ccccc2oc1=O. The quantitative estimate of drug-likeness (QED) is 0.278. The van der Waals surface area contributed by atoms with E-state index in [-0.39, 0.29) is 6.61 Å². The van der Waals surface area contributed by atoms with Crippen LogP contribution in [0.3, 0.4) is 0 Å². The van der Waals surface area contributed by atoms with E-state index < -0.39 is 5.63 Å². The second-order valence-corrected chi connectivity index (χ2v) is 4.04. The smallest absolute Gasteiger partial charge is 0.345 e. The van der Waals surface area contributed by atoms with Crippen molar-refractivity contribution in [3.8, 4) is 12.3 Å². The van der Waals surface area contributed by atoms with Crippen molar-refractivity contribution in [3.05, 3.63) is 45.8 Å². The summed E-state index contributed by atoms with van der Waals surface area (Å²) in [5.41, 5.74) is 1.81. The van der Waals surface area contributed by atoms with E-state index in [0.29, 0.717) is 16.9 Å². The van der Waals surface area contributed by atoms with Gasteiger partial charge in [0.2, 0.25) is 0 Å². The van der Waals surface area contributed by atoms with Gasteiger partial charge in [0, 0.05) is 5.39 Å². The average molecular weight is 255 g/mol. The predicted octanol–water partition coefficient (Wildman–Crippen LogP) is 2.48. The maximum Gasteiger partial charge on any atom is 0.345 e. The molecule has 0 aliphatic heterocycles. The van der Waals surface area contributed by atoms with E-state index in [2.05, 4.69) is 11.1 Å². The molecule has 0 aliphatic rings. The van der Waals surface area contributed by atoms with Gasteiger partial charge in [0.25, 0.3) is 0 Å². The molecular formula is C15H13NO3. The zero-order chi connectivity index (χ0) is 13.8. The Kier molecular flexibility index (Phi) is 3.67. The summed E-state index contributed by atoms with van der Waals surface area (Å²) in [6.45, 7) is 3.61. The van der Waals surface area contributed by atoms with Gasteiger partial charge in [0.1, 0.15) is 5.58 Å². The number of fused-ring (bicyclic) bond motifs is 1. The number of hydrogen-bond donors (Lipinski definition) is 0. The van der Waals surface area contributed by atoms with Crippen molar-refractivity contribution >= 4 is 16.7 Å². The summed E-state index contributed by atoms with van der Waals surface area (Å²) in [4.78, 5) is 16.9. The Hall–Kier alpha value is -2.54. The van der Waals surface area contributed by atoms with Gasteiger partial charge in [0.15, 0.2) is 6.61 Å². The Balaban J connectivity index is 2.58. The summed E-state index contributed by atoms with van der Waals surface area (Å²) in [6.07, 6.45) is 5.06. The van der Waals surface area contributed by atoms with E-state index in [0.717, 1.165) is 10.9 Å². The minimum absolute atomic E-state index is 0.0648. The van der Waals surface area contributed by atoms with Crippen LogP contribution >= 0.6 is 0 Å². The third-order valence-corrected chi connectivity index (χ3v) is 2.78. The van der Waals surface area contributed by atoms with Crippen LogP contribution in [0.25, 0.3) is 11.0 Å². The molecule has 0 saturated heterocycles. The van der Waals surface area contributed by atoms with E-state index in [1.54, 1.807) is 13.0 Å². The van der Waals surface area contributed by atoms with Crippen LogP contribution in [-0.2, 0) is 4.84 Å². The highest BCUT2D eigenvalue weighted by molar-refractivity contribution is 6.02. The van der Waals surface area contributed by atoms with Gasteiger partial charge in [-0.2, -0.15) is 0 Å². The van der Waals surface area contributed by atoms with Gasteiger partial charge >= 0.3 is 5.63 Å². The van der Waals surface area contributed by atoms with Gasteiger partial charge in [-0.3, -0.25) is 0 Å². The summed E-state index contributed by atoms with van der Waals surface area (Å²) in [6, 6.07) is 7.36. The molecule has 0 radical (unpaired) electrons. The third kappa shape index (κ3) is 2.50. The molecule has 1 aromatic heterocycles. The molecule has 1 heterocycles. The van der Waals surface area contributed by atoms with Gasteiger partial charge < -0.3 is 9.25 Å². The zero-order valence-electron chi connectivity index (χ0n) is 10.8. The third-order valence-electron chi connectivity index (χ3n) is 2.78. The summed E-state index contributed by atoms with van der Waals surface area (Å²) < 4.78 is 5.27. The molecule has 0 N–H and O–H groups in total. The van der Waals surface area contributed by atoms with Crippen LogP contribution in [0.2, 0.25) is 0 Å². The molecule has 19 heavy (non-hydrogen) atoms. The number of aryl methyl sites for hydroxylation is 1. The topological polar surface area (TPSA) is 51.8 Å². The Bertz CT molecular complexity index is 735. The molecule has 0 fully saturated rings. The first-order chi connectivity index (χ1) is 9.15. The number of rotatable bonds is 3. The van der Waals surface area contributed by atoms with Crippen molar-refractivity contribution in [1.29, 1.82) is 0 Å². The molecule has 2 rings (SSSR count). The van der Waals surface area contributed by atoms with E-state index >= 15 is 0 Å². The first-order valence-electron chi connectivity index (χ1n) is 5.78. The molecule has 2 aromatic rings. The van der Waals surface area contributed by atoms with Crippen LogP contribution in [0.1, 0.15) is 18.1 Å². The monoisotopic (exact) mass is 255 g/mol. The molecule has 1 aromatic carbocycles. The van der Waals surface area contributed by atoms with Crippen molar-refractivity contribution in [2.24, 2.45) is 5.16 Å². The fourth-order valence-corrected chi connectivity index (χ4v) is 1.94. The molecule has 0 saturated carbocycles. The van der Waals surface area contributed by atoms with Crippen LogP contribution in [0, 0.1) is 19.3 Å². The highest BCUT2D eigenvalue weighted by Gasteiger charge is 2.13. The summed E-state index contributed by atoms with van der Waals surface area (Å²) in [7, 11) is 0. The lowest BCUT2D eigenvalue weighted by atomic mass is 10.0. The summed E-state index contributed by atoms with van der Waals surface area (Å²) in [5.74, 6) is 2.30. The number of benzene rings is 1. The van der Waals surface area contributed by atoms with Crippen LogP contribution in [0.4, 0.5) is 0 Å². The lowest BCUT2D eigenvalue weighted by Crippen LogP contribution is -2.15. The normalized spacial score (nSPS) is 11.3. The minimum atomic E-state index is -0.429. The Morgan fingerprint density at radius 2 is 2.21 bits per heavy atom. The summed E-state index contributed by atoms with van der Waals surface area (Å²) in [5, 5.41) is 4.71. The van der Waals surface area contributed by atoms with E-state index in [9.17, 15) is 4.79 Å². The highest BCUT2D eigenvalue weighted by atomic mass is 16.6. The Morgan fingerprint density at radius 1 is 1.47 bits per heavy atom. The van der Waals surface area contributed by atoms with Crippen LogP contribution in [0.5, 0.6) is 0 Å². The van der Waals surface area contributed by atoms with E-state index in [1.807, 2.05) is 25.1 Å². The lowest BCUT2D eigenvalue weighted by molar-refractivity contribution is 0.180. The van der Waals surface area contributed by atoms with Gasteiger partial charge in [-0.05, 0) is 25.5 Å². The highest BCUT2D eigenvalue weighted by Crippen LogP contribution is 2.19. The van der Waals surface area contributed by atoms with Crippen LogP contribution in [0.15, 0.2) is 38.6 Å². The maximum atomic E-state index is 12.0. The molecule has 0 aliphatic carbocycles. The van der Waals surface area contributed by atoms with Crippen molar-refractivity contribution in [1.82, 2.24) is 0 Å². The fourth-order valence-electron chi connectivity index (χ4n) is 1.94. The molecule has 0 amide bonds. The number of hydrogen-bond acceptors (Lipinski definition) is 4. The van der Waals surface area contributed by atoms with Crippen LogP contribution in [-0.4, -0.2) is 12.3 Å². The van der Waals surface area contributed by atoms with Crippen LogP contribution < -0.4 is 5.63 Å². The number of terminal acetylenes is 1. The molecule has 0 spiro atoms. The molecule has 4 heteroatoms. The number of oxime groups is 1. The number of nitrogens with zero attached hydrogens (tertiary/aromatic N) is 1. The predicted molar refractivity (Wildman–Crippen MR) is 74.2 cm³/mol. The molecule has 0 unspecified atom stereocenters.